The van der Waals surface area contributed by atoms with E-state index in [4.69, 9.17) is 9.84 Å². The minimum Gasteiger partial charge on any atom is -0.481 e. The van der Waals surface area contributed by atoms with Crippen molar-refractivity contribution in [2.75, 3.05) is 32.8 Å². The van der Waals surface area contributed by atoms with Gasteiger partial charge in [-0.3, -0.25) is 4.79 Å². The SMILES string of the molecule is CC(C)(CCN1CCC2(CCOCC2)C1)C(=O)O. The van der Waals surface area contributed by atoms with Crippen LogP contribution in [0.3, 0.4) is 0 Å². The van der Waals surface area contributed by atoms with Gasteiger partial charge in [0.1, 0.15) is 0 Å². The van der Waals surface area contributed by atoms with Crippen LogP contribution >= 0.6 is 0 Å². The van der Waals surface area contributed by atoms with E-state index in [-0.39, 0.29) is 0 Å². The Balaban J connectivity index is 1.81. The van der Waals surface area contributed by atoms with E-state index in [1.165, 1.54) is 19.3 Å². The Labute approximate surface area is 109 Å². The van der Waals surface area contributed by atoms with E-state index in [1.807, 2.05) is 13.8 Å². The second kappa shape index (κ2) is 5.17. The van der Waals surface area contributed by atoms with Crippen molar-refractivity contribution in [3.05, 3.63) is 0 Å². The van der Waals surface area contributed by atoms with E-state index in [0.29, 0.717) is 5.41 Å². The standard InChI is InChI=1S/C14H25NO3/c1-13(2,12(16)17)3-7-15-8-4-14(11-15)5-9-18-10-6-14/h3-11H2,1-2H3,(H,16,17). The molecular weight excluding hydrogens is 230 g/mol. The highest BCUT2D eigenvalue weighted by Gasteiger charge is 2.39. The molecule has 18 heavy (non-hydrogen) atoms. The topological polar surface area (TPSA) is 49.8 Å². The maximum absolute atomic E-state index is 11.1. The lowest BCUT2D eigenvalue weighted by Crippen LogP contribution is -2.35. The second-order valence-electron chi connectivity index (χ2n) is 6.58. The number of hydrogen-bond acceptors (Lipinski definition) is 3. The van der Waals surface area contributed by atoms with E-state index >= 15 is 0 Å². The van der Waals surface area contributed by atoms with Gasteiger partial charge < -0.3 is 14.7 Å². The zero-order chi connectivity index (χ0) is 13.2. The minimum atomic E-state index is -0.692. The molecule has 0 amide bonds. The van der Waals surface area contributed by atoms with Gasteiger partial charge in [0.05, 0.1) is 5.41 Å². The highest BCUT2D eigenvalue weighted by Crippen LogP contribution is 2.40. The average Bonchev–Trinajstić information content (AvgIpc) is 2.71. The molecule has 2 heterocycles. The molecule has 2 aliphatic heterocycles. The largest absolute Gasteiger partial charge is 0.481 e. The number of carbonyl (C=O) groups is 1. The molecule has 2 aliphatic rings. The van der Waals surface area contributed by atoms with E-state index in [1.54, 1.807) is 0 Å². The molecule has 0 bridgehead atoms. The van der Waals surface area contributed by atoms with Crippen LogP contribution in [0.4, 0.5) is 0 Å². The predicted octanol–water partition coefficient (Wildman–Crippen LogP) is 1.99. The molecule has 0 atom stereocenters. The summed E-state index contributed by atoms with van der Waals surface area (Å²) in [5, 5.41) is 9.12. The van der Waals surface area contributed by atoms with Crippen LogP contribution in [0.25, 0.3) is 0 Å². The van der Waals surface area contributed by atoms with Crippen LogP contribution in [0.2, 0.25) is 0 Å². The lowest BCUT2D eigenvalue weighted by atomic mass is 9.80. The minimum absolute atomic E-state index is 0.464. The van der Waals surface area contributed by atoms with Crippen LogP contribution in [0.1, 0.15) is 39.5 Å². The number of nitrogens with zero attached hydrogens (tertiary/aromatic N) is 1. The van der Waals surface area contributed by atoms with Crippen molar-refractivity contribution in [1.82, 2.24) is 4.90 Å². The first-order valence-electron chi connectivity index (χ1n) is 6.97. The maximum atomic E-state index is 11.1. The molecule has 0 aliphatic carbocycles. The Hall–Kier alpha value is -0.610. The van der Waals surface area contributed by atoms with Gasteiger partial charge in [-0.2, -0.15) is 0 Å². The fraction of sp³-hybridized carbons (Fsp3) is 0.929. The summed E-state index contributed by atoms with van der Waals surface area (Å²) in [6.07, 6.45) is 4.33. The maximum Gasteiger partial charge on any atom is 0.309 e. The third-order valence-corrected chi connectivity index (χ3v) is 4.70. The first-order valence-corrected chi connectivity index (χ1v) is 6.97. The number of carboxylic acids is 1. The van der Waals surface area contributed by atoms with Crippen LogP contribution in [0, 0.1) is 10.8 Å². The molecule has 0 aromatic rings. The van der Waals surface area contributed by atoms with Crippen LogP contribution in [-0.4, -0.2) is 48.8 Å². The smallest absolute Gasteiger partial charge is 0.309 e. The number of rotatable bonds is 4. The summed E-state index contributed by atoms with van der Waals surface area (Å²) in [5.41, 5.74) is -0.142. The van der Waals surface area contributed by atoms with Gasteiger partial charge in [0.25, 0.3) is 0 Å². The second-order valence-corrected chi connectivity index (χ2v) is 6.58. The molecule has 0 unspecified atom stereocenters. The summed E-state index contributed by atoms with van der Waals surface area (Å²) in [5.74, 6) is -0.692. The first kappa shape index (κ1) is 13.8. The quantitative estimate of drug-likeness (QED) is 0.834. The molecule has 0 radical (unpaired) electrons. The summed E-state index contributed by atoms with van der Waals surface area (Å²) in [4.78, 5) is 13.5. The van der Waals surface area contributed by atoms with Gasteiger partial charge in [0.2, 0.25) is 0 Å². The van der Waals surface area contributed by atoms with Crippen LogP contribution in [0.15, 0.2) is 0 Å². The molecule has 0 saturated carbocycles. The predicted molar refractivity (Wildman–Crippen MR) is 69.6 cm³/mol. The number of likely N-dealkylation sites (tertiary alicyclic amines) is 1. The Morgan fingerprint density at radius 1 is 1.33 bits per heavy atom. The summed E-state index contributed by atoms with van der Waals surface area (Å²) in [6, 6.07) is 0. The summed E-state index contributed by atoms with van der Waals surface area (Å²) >= 11 is 0. The van der Waals surface area contributed by atoms with Crippen LogP contribution in [0.5, 0.6) is 0 Å². The summed E-state index contributed by atoms with van der Waals surface area (Å²) in [7, 11) is 0. The van der Waals surface area contributed by atoms with Crippen molar-refractivity contribution in [2.45, 2.75) is 39.5 Å². The molecular formula is C14H25NO3. The highest BCUT2D eigenvalue weighted by atomic mass is 16.5. The molecule has 1 N–H and O–H groups in total. The normalized spacial score (nSPS) is 24.6. The molecule has 2 fully saturated rings. The zero-order valence-electron chi connectivity index (χ0n) is 11.6. The lowest BCUT2D eigenvalue weighted by molar-refractivity contribution is -0.147. The van der Waals surface area contributed by atoms with Crippen molar-refractivity contribution in [3.8, 4) is 0 Å². The van der Waals surface area contributed by atoms with Gasteiger partial charge in [-0.25, -0.2) is 0 Å². The van der Waals surface area contributed by atoms with Gasteiger partial charge in [-0.15, -0.1) is 0 Å². The van der Waals surface area contributed by atoms with Gasteiger partial charge in [0, 0.05) is 19.8 Å². The number of hydrogen-bond donors (Lipinski definition) is 1. The molecule has 2 saturated heterocycles. The molecule has 4 heteroatoms. The zero-order valence-corrected chi connectivity index (χ0v) is 11.6. The molecule has 0 aromatic heterocycles. The Kier molecular flexibility index (Phi) is 3.97. The number of carboxylic acid groups (broad SMARTS) is 1. The van der Waals surface area contributed by atoms with Crippen molar-refractivity contribution in [1.29, 1.82) is 0 Å². The number of ether oxygens (including phenoxy) is 1. The molecule has 0 aromatic carbocycles. The summed E-state index contributed by atoms with van der Waals surface area (Å²) < 4.78 is 5.44. The van der Waals surface area contributed by atoms with E-state index < -0.39 is 11.4 Å². The van der Waals surface area contributed by atoms with Gasteiger partial charge in [-0.1, -0.05) is 0 Å². The van der Waals surface area contributed by atoms with Crippen molar-refractivity contribution >= 4 is 5.97 Å². The van der Waals surface area contributed by atoms with Gasteiger partial charge >= 0.3 is 5.97 Å². The fourth-order valence-corrected chi connectivity index (χ4v) is 2.98. The Morgan fingerprint density at radius 3 is 2.61 bits per heavy atom. The van der Waals surface area contributed by atoms with E-state index in [2.05, 4.69) is 4.90 Å². The Bertz CT molecular complexity index is 308. The van der Waals surface area contributed by atoms with Crippen molar-refractivity contribution in [3.63, 3.8) is 0 Å². The molecule has 104 valence electrons. The lowest BCUT2D eigenvalue weighted by Gasteiger charge is -2.33. The van der Waals surface area contributed by atoms with Crippen molar-refractivity contribution < 1.29 is 14.6 Å². The van der Waals surface area contributed by atoms with Crippen molar-refractivity contribution in [2.24, 2.45) is 10.8 Å². The fourth-order valence-electron chi connectivity index (χ4n) is 2.98. The highest BCUT2D eigenvalue weighted by molar-refractivity contribution is 5.73. The molecule has 1 spiro atoms. The van der Waals surface area contributed by atoms with E-state index in [9.17, 15) is 4.79 Å². The Morgan fingerprint density at radius 2 is 2.00 bits per heavy atom. The number of aliphatic carboxylic acids is 1. The van der Waals surface area contributed by atoms with Crippen LogP contribution < -0.4 is 0 Å². The average molecular weight is 255 g/mol. The van der Waals surface area contributed by atoms with Gasteiger partial charge in [0.15, 0.2) is 0 Å². The third kappa shape index (κ3) is 3.04. The van der Waals surface area contributed by atoms with Gasteiger partial charge in [-0.05, 0) is 58.0 Å². The monoisotopic (exact) mass is 255 g/mol. The van der Waals surface area contributed by atoms with E-state index in [0.717, 1.165) is 39.3 Å². The molecule has 2 rings (SSSR count). The summed E-state index contributed by atoms with van der Waals surface area (Å²) in [6.45, 7) is 8.58. The third-order valence-electron chi connectivity index (χ3n) is 4.70. The van der Waals surface area contributed by atoms with Crippen LogP contribution in [-0.2, 0) is 9.53 Å². The molecule has 4 nitrogen and oxygen atoms in total. The first-order chi connectivity index (χ1) is 8.44.